The second-order valence-electron chi connectivity index (χ2n) is 32.3. The molecule has 8 heterocycles. The molecule has 9 aromatic carbocycles. The number of pyridine rings is 6. The van der Waals surface area contributed by atoms with E-state index in [-0.39, 0.29) is 0 Å². The van der Waals surface area contributed by atoms with Crippen LogP contribution in [0.4, 0.5) is 0 Å². The van der Waals surface area contributed by atoms with E-state index in [0.717, 1.165) is 330 Å². The summed E-state index contributed by atoms with van der Waals surface area (Å²) in [6, 6.07) is 65.9. The minimum absolute atomic E-state index is 0.752. The van der Waals surface area contributed by atoms with Gasteiger partial charge in [-0.15, -0.1) is 0 Å². The molecule has 2 aliphatic heterocycles. The summed E-state index contributed by atoms with van der Waals surface area (Å²) < 4.78 is 10.9. The molecule has 11 N–H and O–H groups in total. The molecule has 0 aliphatic carbocycles. The van der Waals surface area contributed by atoms with Crippen LogP contribution >= 0.6 is 0 Å². The van der Waals surface area contributed by atoms with Gasteiger partial charge >= 0.3 is 0 Å². The van der Waals surface area contributed by atoms with E-state index in [0.29, 0.717) is 0 Å². The summed E-state index contributed by atoms with van der Waals surface area (Å²) in [5, 5.41) is 38.4. The standard InChI is InChI=1S/C36H44N6O2.C32H40N6.C30H36N6/c1(11-41-13-17-43-18-14-41)9-37-25-27-4-7-34-30(21-27)23-29-5-8-35-32(36(29)40-34)24-31-22-28(3-6-33(31)39-35)26-38-10-2-12-42-15-19-44-20-16-42;1-33-13-4-5-14-34-21-23-8-11-30-26(17-23)19-25-9-12-31-28(32(25)37-30)20-27-18-24(7-10-29(27)36-31)22-35-15-6-16-38(2)3;31-11-1-3-13-33-19-21-6-9-28-24(15-21)17-23-7-10-29-26(30(23)36-28)18-25-16-22(5-8-27(25)35-29)20-34-14-4-2-12-32/h3-8,21-24,37-38H,1-2,9-20,25-26H2;7-12,17-20,33-35H,4-6,13-16,21-22H2,1-3H3;5-10,15-18,33-34H,1-4,11-14,19-20,31-32H2. The van der Waals surface area contributed by atoms with Crippen LogP contribution in [0.2, 0.25) is 0 Å². The first kappa shape index (κ1) is 83.5. The van der Waals surface area contributed by atoms with Crippen molar-refractivity contribution in [3.63, 3.8) is 0 Å². The van der Waals surface area contributed by atoms with Gasteiger partial charge in [0.2, 0.25) is 0 Å². The van der Waals surface area contributed by atoms with Crippen LogP contribution in [-0.4, -0.2) is 197 Å². The molecule has 0 bridgehead atoms. The first-order valence-corrected chi connectivity index (χ1v) is 43.4. The van der Waals surface area contributed by atoms with Gasteiger partial charge in [-0.05, 0) is 318 Å². The number of rotatable bonds is 37. The van der Waals surface area contributed by atoms with Gasteiger partial charge < -0.3 is 63.1 Å². The van der Waals surface area contributed by atoms with Gasteiger partial charge in [0.25, 0.3) is 0 Å². The average Bonchev–Trinajstić information content (AvgIpc) is 0.764. The van der Waals surface area contributed by atoms with Gasteiger partial charge in [0.1, 0.15) is 0 Å². The Hall–Kier alpha value is -9.56. The molecule has 0 atom stereocenters. The molecule has 0 spiro atoms. The molecule has 0 saturated carbocycles. The molecular formula is C98H120N18O2. The van der Waals surface area contributed by atoms with Crippen molar-refractivity contribution >= 4 is 131 Å². The van der Waals surface area contributed by atoms with Gasteiger partial charge in [0.15, 0.2) is 0 Å². The van der Waals surface area contributed by atoms with E-state index in [1.165, 1.54) is 62.4 Å². The van der Waals surface area contributed by atoms with E-state index >= 15 is 0 Å². The average molecular weight is 1580 g/mol. The zero-order valence-corrected chi connectivity index (χ0v) is 69.6. The van der Waals surface area contributed by atoms with E-state index in [2.05, 4.69) is 248 Å². The molecule has 20 heteroatoms. The molecule has 614 valence electrons. The molecule has 0 radical (unpaired) electrons. The van der Waals surface area contributed by atoms with Gasteiger partial charge in [0.05, 0.1) is 92.6 Å². The summed E-state index contributed by atoms with van der Waals surface area (Å²) in [6.07, 6.45) is 10.2. The van der Waals surface area contributed by atoms with Gasteiger partial charge in [-0.3, -0.25) is 9.80 Å². The highest BCUT2D eigenvalue weighted by atomic mass is 16.5. The van der Waals surface area contributed by atoms with Gasteiger partial charge in [-0.1, -0.05) is 54.6 Å². The van der Waals surface area contributed by atoms with Crippen molar-refractivity contribution < 1.29 is 9.47 Å². The molecular weight excluding hydrogens is 1460 g/mol. The third-order valence-corrected chi connectivity index (χ3v) is 22.9. The maximum absolute atomic E-state index is 5.59. The summed E-state index contributed by atoms with van der Waals surface area (Å²) in [4.78, 5) is 37.5. The fourth-order valence-corrected chi connectivity index (χ4v) is 16.4. The van der Waals surface area contributed by atoms with Crippen molar-refractivity contribution in [3.05, 3.63) is 215 Å². The zero-order chi connectivity index (χ0) is 80.6. The van der Waals surface area contributed by atoms with E-state index in [1.807, 2.05) is 7.05 Å². The van der Waals surface area contributed by atoms with Crippen LogP contribution < -0.4 is 48.7 Å². The quantitative estimate of drug-likeness (QED) is 0.00999. The Labute approximate surface area is 694 Å². The number of nitrogens with two attached hydrogens (primary N) is 2. The summed E-state index contributed by atoms with van der Waals surface area (Å²) in [6.45, 7) is 24.9. The Morgan fingerprint density at radius 1 is 0.297 bits per heavy atom. The van der Waals surface area contributed by atoms with Crippen LogP contribution in [-0.2, 0) is 48.7 Å². The SMILES string of the molecule is CNCCCCNCc1ccc2nc3c(ccc4nc5ccc(CNCCCN(C)C)cc5cc43)cc2c1.NCCCCNCc1ccc2nc3ccc4cc5cc(CNCCCCN)ccc5nc4c3cc2c1.c1cc2nc3ccc4cc5cc(CNCCCN6CCOCC6)ccc5nc4c3cc2cc1CNCCCN1CCOCC1. The van der Waals surface area contributed by atoms with Gasteiger partial charge in [-0.2, -0.15) is 0 Å². The number of ether oxygens (including phenoxy) is 2. The van der Waals surface area contributed by atoms with Crippen molar-refractivity contribution in [3.8, 4) is 0 Å². The summed E-state index contributed by atoms with van der Waals surface area (Å²) >= 11 is 0. The topological polar surface area (TPSA) is 242 Å². The van der Waals surface area contributed by atoms with Crippen LogP contribution in [0, 0.1) is 0 Å². The van der Waals surface area contributed by atoms with Crippen LogP contribution in [0.15, 0.2) is 182 Å². The number of hydrogen-bond acceptors (Lipinski definition) is 20. The number of nitrogens with zero attached hydrogens (tertiary/aromatic N) is 9. The Kier molecular flexibility index (Phi) is 30.0. The number of benzene rings is 9. The van der Waals surface area contributed by atoms with Crippen LogP contribution in [0.1, 0.15) is 91.2 Å². The van der Waals surface area contributed by atoms with Crippen LogP contribution in [0.3, 0.4) is 0 Å². The molecule has 118 heavy (non-hydrogen) atoms. The number of hydrogen-bond donors (Lipinski definition) is 9. The number of fused-ring (bicyclic) bond motifs is 15. The number of unbranched alkanes of at least 4 members (excludes halogenated alkanes) is 3. The fraction of sp³-hybridized carbons (Fsp3) is 0.388. The lowest BCUT2D eigenvalue weighted by Gasteiger charge is -2.26. The monoisotopic (exact) mass is 1580 g/mol. The summed E-state index contributed by atoms with van der Waals surface area (Å²) in [5.41, 5.74) is 31.0. The number of morpholine rings is 2. The molecule has 0 amide bonds. The minimum Gasteiger partial charge on any atom is -0.379 e. The van der Waals surface area contributed by atoms with Gasteiger partial charge in [-0.25, -0.2) is 29.9 Å². The summed E-state index contributed by atoms with van der Waals surface area (Å²) in [7, 11) is 6.24. The second-order valence-corrected chi connectivity index (χ2v) is 32.3. The molecule has 2 aliphatic rings. The third-order valence-electron chi connectivity index (χ3n) is 22.9. The second kappa shape index (κ2) is 42.4. The maximum atomic E-state index is 5.59. The van der Waals surface area contributed by atoms with E-state index < -0.39 is 0 Å². The first-order valence-electron chi connectivity index (χ1n) is 43.4. The van der Waals surface area contributed by atoms with Crippen molar-refractivity contribution in [2.75, 3.05) is 152 Å². The largest absolute Gasteiger partial charge is 0.379 e. The van der Waals surface area contributed by atoms with E-state index in [4.69, 9.17) is 50.8 Å². The predicted molar refractivity (Wildman–Crippen MR) is 493 cm³/mol. The number of nitrogens with one attached hydrogen (secondary N) is 7. The first-order chi connectivity index (χ1) is 58.1. The Morgan fingerprint density at radius 3 is 0.873 bits per heavy atom. The lowest BCUT2D eigenvalue weighted by Crippen LogP contribution is -2.37. The zero-order valence-electron chi connectivity index (χ0n) is 69.6. The van der Waals surface area contributed by atoms with Crippen LogP contribution in [0.5, 0.6) is 0 Å². The highest BCUT2D eigenvalue weighted by Gasteiger charge is 2.16. The van der Waals surface area contributed by atoms with E-state index in [1.54, 1.807) is 0 Å². The highest BCUT2D eigenvalue weighted by Crippen LogP contribution is 2.34. The normalized spacial score (nSPS) is 13.8. The van der Waals surface area contributed by atoms with Crippen LogP contribution in [0.25, 0.3) is 131 Å². The van der Waals surface area contributed by atoms with E-state index in [9.17, 15) is 0 Å². The smallest absolute Gasteiger partial charge is 0.0803 e. The van der Waals surface area contributed by atoms with Crippen molar-refractivity contribution in [2.45, 2.75) is 97.1 Å². The van der Waals surface area contributed by atoms with Crippen molar-refractivity contribution in [1.82, 2.24) is 81.8 Å². The molecule has 6 aromatic heterocycles. The predicted octanol–water partition coefficient (Wildman–Crippen LogP) is 14.7. The molecule has 2 fully saturated rings. The van der Waals surface area contributed by atoms with Gasteiger partial charge in [0, 0.05) is 130 Å². The molecule has 17 rings (SSSR count). The minimum atomic E-state index is 0.752. The Bertz CT molecular complexity index is 5850. The highest BCUT2D eigenvalue weighted by molar-refractivity contribution is 6.13. The Morgan fingerprint density at radius 2 is 0.568 bits per heavy atom. The summed E-state index contributed by atoms with van der Waals surface area (Å²) in [5.74, 6) is 0. The van der Waals surface area contributed by atoms with Crippen molar-refractivity contribution in [2.24, 2.45) is 11.5 Å². The molecule has 0 unspecified atom stereocenters. The van der Waals surface area contributed by atoms with Crippen molar-refractivity contribution in [1.29, 1.82) is 0 Å². The third kappa shape index (κ3) is 22.5. The number of aromatic nitrogens is 6. The maximum Gasteiger partial charge on any atom is 0.0803 e. The lowest BCUT2D eigenvalue weighted by molar-refractivity contribution is 0.0374. The fourth-order valence-electron chi connectivity index (χ4n) is 16.4. The molecule has 15 aromatic rings. The lowest BCUT2D eigenvalue weighted by atomic mass is 10.0. The molecule has 2 saturated heterocycles. The Balaban J connectivity index is 0.000000139. The molecule has 20 nitrogen and oxygen atoms in total.